The number of anilines is 1. The van der Waals surface area contributed by atoms with E-state index in [0.717, 1.165) is 63.3 Å². The normalized spacial score (nSPS) is 44.1. The van der Waals surface area contributed by atoms with Crippen molar-refractivity contribution in [3.05, 3.63) is 29.8 Å². The highest BCUT2D eigenvalue weighted by atomic mass is 19.4. The van der Waals surface area contributed by atoms with Crippen LogP contribution in [0.2, 0.25) is 0 Å². The van der Waals surface area contributed by atoms with E-state index in [0.29, 0.717) is 11.8 Å². The Morgan fingerprint density at radius 3 is 2.31 bits per heavy atom. The Morgan fingerprint density at radius 1 is 0.914 bits per heavy atom. The lowest BCUT2D eigenvalue weighted by Gasteiger charge is -2.61. The third kappa shape index (κ3) is 3.81. The molecule has 1 spiro atoms. The van der Waals surface area contributed by atoms with Crippen molar-refractivity contribution in [3.63, 3.8) is 0 Å². The van der Waals surface area contributed by atoms with Gasteiger partial charge in [-0.2, -0.15) is 13.2 Å². The van der Waals surface area contributed by atoms with Crippen LogP contribution in [-0.4, -0.2) is 55.0 Å². The minimum Gasteiger partial charge on any atom is -0.369 e. The van der Waals surface area contributed by atoms with E-state index < -0.39 is 29.4 Å². The minimum absolute atomic E-state index is 0.0917. The highest BCUT2D eigenvalue weighted by Gasteiger charge is 2.69. The molecule has 1 saturated carbocycles. The van der Waals surface area contributed by atoms with E-state index >= 15 is 0 Å². The van der Waals surface area contributed by atoms with E-state index in [-0.39, 0.29) is 18.1 Å². The van der Waals surface area contributed by atoms with Crippen LogP contribution < -0.4 is 4.90 Å². The molecule has 35 heavy (non-hydrogen) atoms. The van der Waals surface area contributed by atoms with Gasteiger partial charge >= 0.3 is 6.18 Å². The number of halogens is 3. The van der Waals surface area contributed by atoms with Crippen LogP contribution in [0.3, 0.4) is 0 Å². The Bertz CT molecular complexity index is 938. The molecule has 9 heteroatoms. The van der Waals surface area contributed by atoms with Gasteiger partial charge < -0.3 is 14.4 Å². The average molecular weight is 497 g/mol. The van der Waals surface area contributed by atoms with Crippen LogP contribution in [0.4, 0.5) is 18.9 Å². The summed E-state index contributed by atoms with van der Waals surface area (Å²) in [5.74, 6) is 0.609. The summed E-state index contributed by atoms with van der Waals surface area (Å²) in [4.78, 5) is 16.7. The van der Waals surface area contributed by atoms with Crippen molar-refractivity contribution in [3.8, 4) is 0 Å². The molecule has 0 unspecified atom stereocenters. The van der Waals surface area contributed by atoms with Crippen LogP contribution in [0.15, 0.2) is 24.3 Å². The Hall–Kier alpha value is -1.39. The summed E-state index contributed by atoms with van der Waals surface area (Å²) in [6, 6.07) is 5.46. The first-order chi connectivity index (χ1) is 16.6. The number of nitrogens with zero attached hydrogens (tertiary/aromatic N) is 2. The maximum atomic E-state index is 12.9. The highest BCUT2D eigenvalue weighted by molar-refractivity contribution is 5.48. The fourth-order valence-electron chi connectivity index (χ4n) is 7.40. The quantitative estimate of drug-likeness (QED) is 0.535. The van der Waals surface area contributed by atoms with Crippen LogP contribution in [0, 0.1) is 23.7 Å². The SMILES string of the molecule is C[C@H]1[C@H](N2CCN(c3ccc(C(F)(F)F)cc3)CC2)O[C@@H]2O[C@@]3(C)CC[C@H]4[C@H](C)CC[C@@H]1[C@@]24OO3. The molecule has 6 nitrogen and oxygen atoms in total. The number of ether oxygens (including phenoxy) is 2. The molecule has 1 aliphatic carbocycles. The number of benzene rings is 1. The van der Waals surface area contributed by atoms with Gasteiger partial charge in [-0.1, -0.05) is 13.8 Å². The second-order valence-electron chi connectivity index (χ2n) is 11.4. The van der Waals surface area contributed by atoms with Crippen LogP contribution in [0.25, 0.3) is 0 Å². The van der Waals surface area contributed by atoms with Crippen molar-refractivity contribution >= 4 is 5.69 Å². The topological polar surface area (TPSA) is 43.4 Å². The largest absolute Gasteiger partial charge is 0.416 e. The summed E-state index contributed by atoms with van der Waals surface area (Å²) in [5.41, 5.74) is -0.358. The number of piperazine rings is 1. The first kappa shape index (κ1) is 24.0. The molecule has 1 aromatic rings. The second kappa shape index (κ2) is 8.31. The lowest BCUT2D eigenvalue weighted by molar-refractivity contribution is -0.574. The number of hydrogen-bond donors (Lipinski definition) is 0. The van der Waals surface area contributed by atoms with Gasteiger partial charge in [0.15, 0.2) is 11.9 Å². The van der Waals surface area contributed by atoms with Gasteiger partial charge in [0, 0.05) is 50.1 Å². The number of rotatable bonds is 2. The minimum atomic E-state index is -4.32. The molecule has 1 aromatic carbocycles. The first-order valence-corrected chi connectivity index (χ1v) is 13.0. The predicted molar refractivity (Wildman–Crippen MR) is 122 cm³/mol. The fourth-order valence-corrected chi connectivity index (χ4v) is 7.40. The van der Waals surface area contributed by atoms with Crippen LogP contribution in [0.5, 0.6) is 0 Å². The molecule has 5 saturated heterocycles. The number of fused-ring (bicyclic) bond motifs is 2. The zero-order chi connectivity index (χ0) is 24.6. The van der Waals surface area contributed by atoms with Gasteiger partial charge in [0.2, 0.25) is 5.79 Å². The maximum Gasteiger partial charge on any atom is 0.416 e. The zero-order valence-corrected chi connectivity index (χ0v) is 20.6. The molecule has 7 rings (SSSR count). The standard InChI is InChI=1S/C26H35F3N2O4/c1-16-4-9-21-17(2)22(32-23-25(21)20(16)10-11-24(3,33-23)34-35-25)31-14-12-30(13-15-31)19-7-5-18(6-8-19)26(27,28)29/h5-8,16-17,20-23H,4,9-15H2,1-3H3/t16-,17-,20+,21+,22-,23-,24-,25-/m1/s1. The van der Waals surface area contributed by atoms with E-state index in [1.54, 1.807) is 12.1 Å². The van der Waals surface area contributed by atoms with Gasteiger partial charge in [-0.15, -0.1) is 0 Å². The number of alkyl halides is 3. The van der Waals surface area contributed by atoms with Crippen LogP contribution in [0.1, 0.15) is 52.0 Å². The Morgan fingerprint density at radius 2 is 1.63 bits per heavy atom. The molecule has 6 aliphatic rings. The molecule has 2 bridgehead atoms. The summed E-state index contributed by atoms with van der Waals surface area (Å²) in [5, 5.41) is 0. The third-order valence-corrected chi connectivity index (χ3v) is 9.36. The lowest BCUT2D eigenvalue weighted by Crippen LogP contribution is -2.72. The molecule has 5 heterocycles. The lowest BCUT2D eigenvalue weighted by atomic mass is 9.58. The van der Waals surface area contributed by atoms with Crippen molar-refractivity contribution < 1.29 is 32.4 Å². The van der Waals surface area contributed by atoms with E-state index in [9.17, 15) is 13.2 Å². The molecule has 194 valence electrons. The maximum absolute atomic E-state index is 12.9. The number of hydrogen-bond acceptors (Lipinski definition) is 6. The third-order valence-electron chi connectivity index (χ3n) is 9.36. The van der Waals surface area contributed by atoms with Crippen LogP contribution in [-0.2, 0) is 25.4 Å². The summed E-state index contributed by atoms with van der Waals surface area (Å²) in [7, 11) is 0. The molecule has 0 N–H and O–H groups in total. The predicted octanol–water partition coefficient (Wildman–Crippen LogP) is 5.04. The molecule has 0 radical (unpaired) electrons. The fraction of sp³-hybridized carbons (Fsp3) is 0.769. The van der Waals surface area contributed by atoms with Crippen molar-refractivity contribution in [2.24, 2.45) is 23.7 Å². The van der Waals surface area contributed by atoms with Gasteiger partial charge in [-0.3, -0.25) is 4.90 Å². The van der Waals surface area contributed by atoms with E-state index in [1.807, 2.05) is 6.92 Å². The molecule has 0 amide bonds. The molecule has 0 aromatic heterocycles. The monoisotopic (exact) mass is 496 g/mol. The van der Waals surface area contributed by atoms with Crippen molar-refractivity contribution in [1.82, 2.24) is 4.90 Å². The molecule has 8 atom stereocenters. The second-order valence-corrected chi connectivity index (χ2v) is 11.4. The van der Waals surface area contributed by atoms with Crippen LogP contribution >= 0.6 is 0 Å². The smallest absolute Gasteiger partial charge is 0.369 e. The van der Waals surface area contributed by atoms with Crippen molar-refractivity contribution in [2.75, 3.05) is 31.1 Å². The average Bonchev–Trinajstić information content (AvgIpc) is 3.07. The zero-order valence-electron chi connectivity index (χ0n) is 20.6. The van der Waals surface area contributed by atoms with E-state index in [2.05, 4.69) is 23.6 Å². The summed E-state index contributed by atoms with van der Waals surface area (Å²) in [6.07, 6.45) is -0.836. The summed E-state index contributed by atoms with van der Waals surface area (Å²) >= 11 is 0. The summed E-state index contributed by atoms with van der Waals surface area (Å²) in [6.45, 7) is 9.53. The Kier molecular flexibility index (Phi) is 5.69. The Balaban J connectivity index is 1.18. The summed E-state index contributed by atoms with van der Waals surface area (Å²) < 4.78 is 52.0. The van der Waals surface area contributed by atoms with Crippen molar-refractivity contribution in [1.29, 1.82) is 0 Å². The molecular formula is C26H35F3N2O4. The molecule has 6 fully saturated rings. The van der Waals surface area contributed by atoms with Gasteiger partial charge in [0.25, 0.3) is 0 Å². The first-order valence-electron chi connectivity index (χ1n) is 13.0. The molecular weight excluding hydrogens is 461 g/mol. The van der Waals surface area contributed by atoms with Gasteiger partial charge in [-0.05, 0) is 62.3 Å². The highest BCUT2D eigenvalue weighted by Crippen LogP contribution is 2.60. The van der Waals surface area contributed by atoms with Gasteiger partial charge in [0.1, 0.15) is 6.23 Å². The van der Waals surface area contributed by atoms with Crippen molar-refractivity contribution in [2.45, 2.75) is 76.5 Å². The molecule has 5 aliphatic heterocycles. The Labute approximate surface area is 204 Å². The van der Waals surface area contributed by atoms with Gasteiger partial charge in [0.05, 0.1) is 5.56 Å². The van der Waals surface area contributed by atoms with E-state index in [1.165, 1.54) is 6.42 Å². The van der Waals surface area contributed by atoms with Gasteiger partial charge in [-0.25, -0.2) is 9.78 Å². The van der Waals surface area contributed by atoms with E-state index in [4.69, 9.17) is 19.2 Å².